The van der Waals surface area contributed by atoms with Crippen LogP contribution in [0.25, 0.3) is 0 Å². The van der Waals surface area contributed by atoms with Crippen LogP contribution < -0.4 is 5.56 Å². The lowest BCUT2D eigenvalue weighted by Gasteiger charge is -2.08. The van der Waals surface area contributed by atoms with Gasteiger partial charge in [0.15, 0.2) is 0 Å². The molecular formula is C14H19NO3S. The highest BCUT2D eigenvalue weighted by atomic mass is 32.2. The van der Waals surface area contributed by atoms with E-state index < -0.39 is 5.97 Å². The van der Waals surface area contributed by atoms with Crippen molar-refractivity contribution < 1.29 is 9.53 Å². The van der Waals surface area contributed by atoms with Crippen LogP contribution in [0.5, 0.6) is 0 Å². The molecule has 0 atom stereocenters. The van der Waals surface area contributed by atoms with Crippen LogP contribution in [0.4, 0.5) is 0 Å². The molecule has 2 rings (SSSR count). The van der Waals surface area contributed by atoms with Crippen molar-refractivity contribution in [3.63, 3.8) is 0 Å². The minimum atomic E-state index is -0.512. The Morgan fingerprint density at radius 1 is 1.37 bits per heavy atom. The van der Waals surface area contributed by atoms with E-state index in [2.05, 4.69) is 4.98 Å². The molecule has 0 aliphatic heterocycles. The first kappa shape index (κ1) is 14.2. The standard InChI is InChI=1S/C14H19NO3S/c1-19-8-7-18-14(17)11-9-10-5-3-2-4-6-12(10)15-13(11)16/h9H,2-8H2,1H3,(H,15,16). The molecule has 0 saturated heterocycles. The summed E-state index contributed by atoms with van der Waals surface area (Å²) >= 11 is 1.61. The third kappa shape index (κ3) is 3.62. The molecule has 1 aromatic heterocycles. The third-order valence-corrected chi connectivity index (χ3v) is 3.90. The number of aromatic amines is 1. The highest BCUT2D eigenvalue weighted by molar-refractivity contribution is 7.98. The lowest BCUT2D eigenvalue weighted by atomic mass is 10.1. The fraction of sp³-hybridized carbons (Fsp3) is 0.571. The van der Waals surface area contributed by atoms with Gasteiger partial charge in [0.1, 0.15) is 12.2 Å². The van der Waals surface area contributed by atoms with Crippen LogP contribution in [-0.2, 0) is 17.6 Å². The molecule has 1 heterocycles. The highest BCUT2D eigenvalue weighted by Gasteiger charge is 2.17. The topological polar surface area (TPSA) is 59.2 Å². The summed E-state index contributed by atoms with van der Waals surface area (Å²) in [7, 11) is 0. The minimum absolute atomic E-state index is 0.141. The summed E-state index contributed by atoms with van der Waals surface area (Å²) in [6.07, 6.45) is 7.15. The van der Waals surface area contributed by atoms with Crippen molar-refractivity contribution >= 4 is 17.7 Å². The molecule has 0 amide bonds. The predicted octanol–water partition coefficient (Wildman–Crippen LogP) is 2.16. The van der Waals surface area contributed by atoms with Crippen LogP contribution >= 0.6 is 11.8 Å². The van der Waals surface area contributed by atoms with Crippen molar-refractivity contribution in [2.24, 2.45) is 0 Å². The summed E-state index contributed by atoms with van der Waals surface area (Å²) < 4.78 is 5.09. The zero-order valence-corrected chi connectivity index (χ0v) is 12.0. The van der Waals surface area contributed by atoms with Gasteiger partial charge in [0.05, 0.1) is 0 Å². The largest absolute Gasteiger partial charge is 0.461 e. The van der Waals surface area contributed by atoms with Crippen LogP contribution in [0.2, 0.25) is 0 Å². The van der Waals surface area contributed by atoms with Gasteiger partial charge < -0.3 is 9.72 Å². The molecule has 1 aliphatic carbocycles. The van der Waals surface area contributed by atoms with Crippen LogP contribution in [-0.4, -0.2) is 29.6 Å². The first-order chi connectivity index (χ1) is 9.22. The maximum Gasteiger partial charge on any atom is 0.343 e. The smallest absolute Gasteiger partial charge is 0.343 e. The Balaban J connectivity index is 2.19. The van der Waals surface area contributed by atoms with E-state index >= 15 is 0 Å². The number of esters is 1. The van der Waals surface area contributed by atoms with Crippen molar-refractivity contribution in [2.45, 2.75) is 32.1 Å². The number of pyridine rings is 1. The Morgan fingerprint density at radius 2 is 2.16 bits per heavy atom. The maximum absolute atomic E-state index is 11.9. The number of carbonyl (C=O) groups excluding carboxylic acids is 1. The van der Waals surface area contributed by atoms with Gasteiger partial charge in [-0.15, -0.1) is 0 Å². The van der Waals surface area contributed by atoms with Gasteiger partial charge in [-0.2, -0.15) is 11.8 Å². The Hall–Kier alpha value is -1.23. The first-order valence-corrected chi connectivity index (χ1v) is 8.03. The minimum Gasteiger partial charge on any atom is -0.461 e. The molecule has 0 aromatic carbocycles. The van der Waals surface area contributed by atoms with E-state index in [1.807, 2.05) is 6.26 Å². The van der Waals surface area contributed by atoms with Gasteiger partial charge in [-0.3, -0.25) is 4.79 Å². The van der Waals surface area contributed by atoms with E-state index in [1.54, 1.807) is 17.8 Å². The summed E-state index contributed by atoms with van der Waals surface area (Å²) in [6.45, 7) is 0.344. The molecule has 0 fully saturated rings. The van der Waals surface area contributed by atoms with Gasteiger partial charge in [0.25, 0.3) is 5.56 Å². The molecule has 4 nitrogen and oxygen atoms in total. The van der Waals surface area contributed by atoms with Crippen LogP contribution in [0.3, 0.4) is 0 Å². The number of rotatable bonds is 4. The Morgan fingerprint density at radius 3 is 2.95 bits per heavy atom. The first-order valence-electron chi connectivity index (χ1n) is 6.63. The van der Waals surface area contributed by atoms with E-state index in [0.29, 0.717) is 6.61 Å². The van der Waals surface area contributed by atoms with Gasteiger partial charge >= 0.3 is 5.97 Å². The highest BCUT2D eigenvalue weighted by Crippen LogP contribution is 2.18. The van der Waals surface area contributed by atoms with Gasteiger partial charge in [0, 0.05) is 11.4 Å². The molecule has 1 N–H and O–H groups in total. The third-order valence-electron chi connectivity index (χ3n) is 3.33. The van der Waals surface area contributed by atoms with Crippen molar-refractivity contribution in [1.29, 1.82) is 0 Å². The van der Waals surface area contributed by atoms with Crippen LogP contribution in [0.1, 0.15) is 40.9 Å². The summed E-state index contributed by atoms with van der Waals surface area (Å²) in [5.74, 6) is 0.233. The van der Waals surface area contributed by atoms with E-state index in [0.717, 1.165) is 42.7 Å². The van der Waals surface area contributed by atoms with E-state index in [1.165, 1.54) is 6.42 Å². The van der Waals surface area contributed by atoms with Crippen LogP contribution in [0, 0.1) is 0 Å². The van der Waals surface area contributed by atoms with Gasteiger partial charge in [0.2, 0.25) is 0 Å². The molecule has 5 heteroatoms. The van der Waals surface area contributed by atoms with Gasteiger partial charge in [-0.1, -0.05) is 6.42 Å². The molecule has 0 bridgehead atoms. The zero-order chi connectivity index (χ0) is 13.7. The Kier molecular flexibility index (Phi) is 5.07. The molecule has 0 spiro atoms. The van der Waals surface area contributed by atoms with Crippen LogP contribution in [0.15, 0.2) is 10.9 Å². The number of carbonyl (C=O) groups is 1. The average Bonchev–Trinajstić information content (AvgIpc) is 2.62. The molecule has 1 aliphatic rings. The Bertz CT molecular complexity index is 510. The molecule has 0 saturated carbocycles. The average molecular weight is 281 g/mol. The SMILES string of the molecule is CSCCOC(=O)c1cc2c([nH]c1=O)CCCCC2. The summed E-state index contributed by atoms with van der Waals surface area (Å²) in [4.78, 5) is 26.6. The number of fused-ring (bicyclic) bond motifs is 1. The van der Waals surface area contributed by atoms with Crippen molar-refractivity contribution in [3.8, 4) is 0 Å². The fourth-order valence-corrected chi connectivity index (χ4v) is 2.55. The van der Waals surface area contributed by atoms with Crippen molar-refractivity contribution in [2.75, 3.05) is 18.6 Å². The van der Waals surface area contributed by atoms with Gasteiger partial charge in [-0.25, -0.2) is 4.79 Å². The normalized spacial score (nSPS) is 14.6. The molecular weight excluding hydrogens is 262 g/mol. The number of ether oxygens (including phenoxy) is 1. The maximum atomic E-state index is 11.9. The van der Waals surface area contributed by atoms with E-state index in [4.69, 9.17) is 4.74 Å². The lowest BCUT2D eigenvalue weighted by Crippen LogP contribution is -2.22. The van der Waals surface area contributed by atoms with E-state index in [9.17, 15) is 9.59 Å². The number of thioether (sulfide) groups is 1. The lowest BCUT2D eigenvalue weighted by molar-refractivity contribution is 0.0528. The zero-order valence-electron chi connectivity index (χ0n) is 11.2. The number of aryl methyl sites for hydroxylation is 2. The molecule has 1 aromatic rings. The van der Waals surface area contributed by atoms with Gasteiger partial charge in [-0.05, 0) is 43.6 Å². The van der Waals surface area contributed by atoms with Crippen molar-refractivity contribution in [3.05, 3.63) is 33.2 Å². The predicted molar refractivity (Wildman–Crippen MR) is 77.0 cm³/mol. The summed E-state index contributed by atoms with van der Waals surface area (Å²) in [6, 6.07) is 1.72. The fourth-order valence-electron chi connectivity index (χ4n) is 2.30. The Labute approximate surface area is 116 Å². The number of aromatic nitrogens is 1. The second-order valence-electron chi connectivity index (χ2n) is 4.71. The summed E-state index contributed by atoms with van der Waals surface area (Å²) in [5, 5.41) is 0. The number of hydrogen-bond donors (Lipinski definition) is 1. The molecule has 0 radical (unpaired) electrons. The number of nitrogens with one attached hydrogen (secondary N) is 1. The molecule has 19 heavy (non-hydrogen) atoms. The monoisotopic (exact) mass is 281 g/mol. The molecule has 0 unspecified atom stereocenters. The van der Waals surface area contributed by atoms with E-state index in [-0.39, 0.29) is 11.1 Å². The molecule has 104 valence electrons. The second-order valence-corrected chi connectivity index (χ2v) is 5.69. The second kappa shape index (κ2) is 6.80. The number of hydrogen-bond acceptors (Lipinski definition) is 4. The summed E-state index contributed by atoms with van der Waals surface area (Å²) in [5.41, 5.74) is 1.90. The van der Waals surface area contributed by atoms with Crippen molar-refractivity contribution in [1.82, 2.24) is 4.98 Å². The number of H-pyrrole nitrogens is 1. The quantitative estimate of drug-likeness (QED) is 0.522.